The van der Waals surface area contributed by atoms with E-state index in [9.17, 15) is 4.79 Å². The van der Waals surface area contributed by atoms with Crippen LogP contribution < -0.4 is 19.1 Å². The van der Waals surface area contributed by atoms with Crippen LogP contribution in [0.3, 0.4) is 0 Å². The Morgan fingerprint density at radius 2 is 1.97 bits per heavy atom. The quantitative estimate of drug-likeness (QED) is 0.399. The van der Waals surface area contributed by atoms with Crippen LogP contribution in [0.2, 0.25) is 0 Å². The number of nitrogens with zero attached hydrogens (tertiary/aromatic N) is 1. The Morgan fingerprint density at radius 3 is 2.80 bits per heavy atom. The van der Waals surface area contributed by atoms with Gasteiger partial charge in [-0.05, 0) is 36.4 Å². The third kappa shape index (κ3) is 4.38. The molecule has 152 valence electrons. The molecule has 1 aliphatic heterocycles. The first-order valence-corrected chi connectivity index (χ1v) is 9.49. The van der Waals surface area contributed by atoms with Gasteiger partial charge in [0.25, 0.3) is 5.91 Å². The van der Waals surface area contributed by atoms with E-state index in [1.807, 2.05) is 30.3 Å². The molecule has 1 aromatic heterocycles. The van der Waals surface area contributed by atoms with Crippen LogP contribution in [-0.2, 0) is 11.3 Å². The first kappa shape index (κ1) is 19.4. The normalized spacial score (nSPS) is 12.1. The summed E-state index contributed by atoms with van der Waals surface area (Å²) in [5.41, 5.74) is 1.56. The Morgan fingerprint density at radius 1 is 1.10 bits per heavy atom. The topological polar surface area (TPSA) is 61.1 Å². The van der Waals surface area contributed by atoms with E-state index in [4.69, 9.17) is 18.6 Å². The van der Waals surface area contributed by atoms with Gasteiger partial charge in [0, 0.05) is 23.4 Å². The minimum atomic E-state index is -0.205. The molecular formula is C24H21NO5. The van der Waals surface area contributed by atoms with E-state index in [1.54, 1.807) is 47.6 Å². The molecule has 1 aliphatic rings. The maximum absolute atomic E-state index is 13.1. The predicted molar refractivity (Wildman–Crippen MR) is 114 cm³/mol. The Labute approximate surface area is 174 Å². The third-order valence-electron chi connectivity index (χ3n) is 4.52. The summed E-state index contributed by atoms with van der Waals surface area (Å²) in [6.45, 7) is 4.56. The molecule has 0 radical (unpaired) electrons. The van der Waals surface area contributed by atoms with Gasteiger partial charge in [-0.1, -0.05) is 30.9 Å². The summed E-state index contributed by atoms with van der Waals surface area (Å²) in [4.78, 5) is 14.8. The number of fused-ring (bicyclic) bond motifs is 1. The number of rotatable bonds is 8. The zero-order valence-electron chi connectivity index (χ0n) is 16.3. The Kier molecular flexibility index (Phi) is 5.85. The van der Waals surface area contributed by atoms with Gasteiger partial charge in [0.15, 0.2) is 11.5 Å². The van der Waals surface area contributed by atoms with Crippen LogP contribution in [0.25, 0.3) is 6.08 Å². The summed E-state index contributed by atoms with van der Waals surface area (Å²) in [7, 11) is 0. The summed E-state index contributed by atoms with van der Waals surface area (Å²) in [5, 5.41) is 0. The highest BCUT2D eigenvalue weighted by Gasteiger charge is 2.20. The molecule has 0 bridgehead atoms. The Bertz CT molecular complexity index is 1060. The molecule has 0 fully saturated rings. The van der Waals surface area contributed by atoms with Gasteiger partial charge >= 0.3 is 0 Å². The molecule has 0 atom stereocenters. The van der Waals surface area contributed by atoms with Crippen molar-refractivity contribution >= 4 is 17.7 Å². The largest absolute Gasteiger partial charge is 0.489 e. The number of furan rings is 1. The summed E-state index contributed by atoms with van der Waals surface area (Å²) in [6.07, 6.45) is 6.37. The lowest BCUT2D eigenvalue weighted by Gasteiger charge is -2.23. The van der Waals surface area contributed by atoms with Crippen molar-refractivity contribution in [3.8, 4) is 17.2 Å². The molecule has 3 aromatic rings. The predicted octanol–water partition coefficient (Wildman–Crippen LogP) is 4.82. The SMILES string of the molecule is C=CCOc1ccccc1CN(C(=O)/C=C/c1ccco1)c1ccc2c(c1)OCO2. The zero-order valence-corrected chi connectivity index (χ0v) is 16.3. The van der Waals surface area contributed by atoms with Crippen LogP contribution in [0.5, 0.6) is 17.2 Å². The van der Waals surface area contributed by atoms with E-state index >= 15 is 0 Å². The molecule has 0 saturated heterocycles. The maximum atomic E-state index is 13.1. The first-order chi connectivity index (χ1) is 14.7. The summed E-state index contributed by atoms with van der Waals surface area (Å²) in [5.74, 6) is 2.36. The van der Waals surface area contributed by atoms with Crippen molar-refractivity contribution in [3.05, 3.63) is 90.9 Å². The van der Waals surface area contributed by atoms with E-state index in [-0.39, 0.29) is 12.7 Å². The molecule has 6 nitrogen and oxygen atoms in total. The molecule has 0 saturated carbocycles. The van der Waals surface area contributed by atoms with E-state index < -0.39 is 0 Å². The van der Waals surface area contributed by atoms with Crippen molar-refractivity contribution < 1.29 is 23.4 Å². The van der Waals surface area contributed by atoms with Gasteiger partial charge in [0.05, 0.1) is 12.8 Å². The van der Waals surface area contributed by atoms with Gasteiger partial charge < -0.3 is 23.5 Å². The number of carbonyl (C=O) groups is 1. The molecule has 0 N–H and O–H groups in total. The van der Waals surface area contributed by atoms with E-state index in [2.05, 4.69) is 6.58 Å². The standard InChI is InChI=1S/C24H21NO5/c1-2-13-28-21-8-4-3-6-18(21)16-25(24(26)12-10-20-7-5-14-27-20)19-9-11-22-23(15-19)30-17-29-22/h2-12,14-15H,1,13,16-17H2/b12-10+. The van der Waals surface area contributed by atoms with E-state index in [0.717, 1.165) is 5.56 Å². The van der Waals surface area contributed by atoms with Crippen molar-refractivity contribution in [1.29, 1.82) is 0 Å². The second kappa shape index (κ2) is 9.05. The summed E-state index contributed by atoms with van der Waals surface area (Å²) in [6, 6.07) is 16.6. The van der Waals surface area contributed by atoms with Crippen molar-refractivity contribution in [3.63, 3.8) is 0 Å². The minimum Gasteiger partial charge on any atom is -0.489 e. The zero-order chi connectivity index (χ0) is 20.8. The summed E-state index contributed by atoms with van der Waals surface area (Å²) < 4.78 is 21.9. The van der Waals surface area contributed by atoms with Gasteiger partial charge in [0.2, 0.25) is 6.79 Å². The molecular weight excluding hydrogens is 382 g/mol. The number of carbonyl (C=O) groups excluding carboxylic acids is 1. The van der Waals surface area contributed by atoms with Gasteiger partial charge in [-0.3, -0.25) is 4.79 Å². The monoisotopic (exact) mass is 403 g/mol. The van der Waals surface area contributed by atoms with Gasteiger partial charge in [-0.15, -0.1) is 0 Å². The number of hydrogen-bond acceptors (Lipinski definition) is 5. The van der Waals surface area contributed by atoms with Crippen molar-refractivity contribution in [1.82, 2.24) is 0 Å². The molecule has 4 rings (SSSR count). The molecule has 2 heterocycles. The third-order valence-corrected chi connectivity index (χ3v) is 4.52. The fraction of sp³-hybridized carbons (Fsp3) is 0.125. The lowest BCUT2D eigenvalue weighted by molar-refractivity contribution is -0.114. The number of anilines is 1. The minimum absolute atomic E-state index is 0.170. The highest BCUT2D eigenvalue weighted by atomic mass is 16.7. The van der Waals surface area contributed by atoms with Crippen LogP contribution in [0.1, 0.15) is 11.3 Å². The Balaban J connectivity index is 1.65. The van der Waals surface area contributed by atoms with E-state index in [1.165, 1.54) is 6.08 Å². The number of para-hydroxylation sites is 1. The fourth-order valence-electron chi connectivity index (χ4n) is 3.07. The average molecular weight is 403 g/mol. The smallest absolute Gasteiger partial charge is 0.251 e. The van der Waals surface area contributed by atoms with Crippen LogP contribution in [0.15, 0.2) is 84.0 Å². The molecule has 6 heteroatoms. The van der Waals surface area contributed by atoms with E-state index in [0.29, 0.717) is 41.8 Å². The molecule has 30 heavy (non-hydrogen) atoms. The number of hydrogen-bond donors (Lipinski definition) is 0. The van der Waals surface area contributed by atoms with Crippen LogP contribution in [0.4, 0.5) is 5.69 Å². The van der Waals surface area contributed by atoms with Gasteiger partial charge in [-0.2, -0.15) is 0 Å². The number of benzene rings is 2. The lowest BCUT2D eigenvalue weighted by atomic mass is 10.1. The fourth-order valence-corrected chi connectivity index (χ4v) is 3.07. The lowest BCUT2D eigenvalue weighted by Crippen LogP contribution is -2.29. The molecule has 0 unspecified atom stereocenters. The molecule has 0 spiro atoms. The summed E-state index contributed by atoms with van der Waals surface area (Å²) >= 11 is 0. The molecule has 2 aromatic carbocycles. The number of ether oxygens (including phenoxy) is 3. The van der Waals surface area contributed by atoms with Crippen LogP contribution in [-0.4, -0.2) is 19.3 Å². The first-order valence-electron chi connectivity index (χ1n) is 9.49. The van der Waals surface area contributed by atoms with Gasteiger partial charge in [-0.25, -0.2) is 0 Å². The van der Waals surface area contributed by atoms with Crippen LogP contribution in [0, 0.1) is 0 Å². The maximum Gasteiger partial charge on any atom is 0.251 e. The average Bonchev–Trinajstić information content (AvgIpc) is 3.46. The molecule has 0 aliphatic carbocycles. The van der Waals surface area contributed by atoms with Crippen LogP contribution >= 0.6 is 0 Å². The van der Waals surface area contributed by atoms with Crippen molar-refractivity contribution in [2.75, 3.05) is 18.3 Å². The van der Waals surface area contributed by atoms with Crippen molar-refractivity contribution in [2.24, 2.45) is 0 Å². The van der Waals surface area contributed by atoms with Crippen molar-refractivity contribution in [2.45, 2.75) is 6.54 Å². The highest BCUT2D eigenvalue weighted by molar-refractivity contribution is 6.03. The number of amides is 1. The second-order valence-corrected chi connectivity index (χ2v) is 6.52. The van der Waals surface area contributed by atoms with Gasteiger partial charge in [0.1, 0.15) is 18.1 Å². The highest BCUT2D eigenvalue weighted by Crippen LogP contribution is 2.36. The Hall–Kier alpha value is -3.93. The second-order valence-electron chi connectivity index (χ2n) is 6.52. The molecule has 1 amide bonds.